The molecule has 1 rings (SSSR count). The van der Waals surface area contributed by atoms with Crippen LogP contribution in [-0.2, 0) is 6.61 Å². The van der Waals surface area contributed by atoms with Crippen molar-refractivity contribution in [3.05, 3.63) is 29.3 Å². The highest BCUT2D eigenvalue weighted by atomic mass is 16.5. The molecule has 89 valence electrons. The summed E-state index contributed by atoms with van der Waals surface area (Å²) < 4.78 is 5.42. The molecule has 4 nitrogen and oxygen atoms in total. The zero-order valence-electron chi connectivity index (χ0n) is 9.31. The van der Waals surface area contributed by atoms with Crippen LogP contribution in [-0.4, -0.2) is 35.1 Å². The fourth-order valence-electron chi connectivity index (χ4n) is 1.30. The van der Waals surface area contributed by atoms with E-state index in [2.05, 4.69) is 6.07 Å². The summed E-state index contributed by atoms with van der Waals surface area (Å²) in [6.07, 6.45) is 0. The molecule has 0 atom stereocenters. The van der Waals surface area contributed by atoms with Gasteiger partial charge in [-0.2, -0.15) is 0 Å². The highest BCUT2D eigenvalue weighted by Gasteiger charge is 2.07. The van der Waals surface area contributed by atoms with E-state index in [9.17, 15) is 0 Å². The number of rotatable bonds is 6. The van der Waals surface area contributed by atoms with Crippen LogP contribution in [0.2, 0.25) is 0 Å². The summed E-state index contributed by atoms with van der Waals surface area (Å²) in [7, 11) is 0. The zero-order valence-corrected chi connectivity index (χ0v) is 9.31. The summed E-state index contributed by atoms with van der Waals surface area (Å²) in [6, 6.07) is 6.47. The molecule has 0 amide bonds. The first-order valence-corrected chi connectivity index (χ1v) is 5.17. The molecule has 0 spiro atoms. The molecular formula is C12H17O4. The van der Waals surface area contributed by atoms with Gasteiger partial charge in [0.25, 0.3) is 0 Å². The molecular weight excluding hydrogens is 208 g/mol. The van der Waals surface area contributed by atoms with Gasteiger partial charge in [0.2, 0.25) is 0 Å². The Hall–Kier alpha value is -1.10. The van der Waals surface area contributed by atoms with Crippen LogP contribution >= 0.6 is 0 Å². The normalized spacial score (nSPS) is 10.8. The Morgan fingerprint density at radius 2 is 1.94 bits per heavy atom. The lowest BCUT2D eigenvalue weighted by Crippen LogP contribution is -2.19. The van der Waals surface area contributed by atoms with E-state index >= 15 is 0 Å². The molecule has 0 aliphatic heterocycles. The summed E-state index contributed by atoms with van der Waals surface area (Å²) in [5.74, 6) is 0.342. The average Bonchev–Trinajstić information content (AvgIpc) is 2.29. The van der Waals surface area contributed by atoms with Gasteiger partial charge in [0.05, 0.1) is 26.4 Å². The minimum atomic E-state index is -0.276. The van der Waals surface area contributed by atoms with Crippen LogP contribution in [0, 0.1) is 18.9 Å². The second-order valence-electron chi connectivity index (χ2n) is 3.72. The molecule has 0 aliphatic carbocycles. The fraction of sp³-hybridized carbons (Fsp3) is 0.500. The van der Waals surface area contributed by atoms with E-state index in [1.165, 1.54) is 0 Å². The quantitative estimate of drug-likeness (QED) is 0.650. The van der Waals surface area contributed by atoms with Crippen LogP contribution in [0.1, 0.15) is 11.1 Å². The first-order valence-electron chi connectivity index (χ1n) is 5.17. The molecule has 1 aromatic rings. The smallest absolute Gasteiger partial charge is 0.119 e. The van der Waals surface area contributed by atoms with E-state index in [1.54, 1.807) is 12.1 Å². The van der Waals surface area contributed by atoms with E-state index in [4.69, 9.17) is 20.1 Å². The topological polar surface area (TPSA) is 69.9 Å². The number of hydrogen-bond acceptors (Lipinski definition) is 4. The number of aliphatic hydroxyl groups excluding tert-OH is 3. The third-order valence-corrected chi connectivity index (χ3v) is 2.21. The van der Waals surface area contributed by atoms with Gasteiger partial charge in [-0.05, 0) is 36.2 Å². The predicted molar refractivity (Wildman–Crippen MR) is 59.1 cm³/mol. The van der Waals surface area contributed by atoms with E-state index < -0.39 is 0 Å². The maximum atomic E-state index is 8.99. The maximum Gasteiger partial charge on any atom is 0.119 e. The van der Waals surface area contributed by atoms with Gasteiger partial charge in [-0.15, -0.1) is 0 Å². The molecule has 0 unspecified atom stereocenters. The van der Waals surface area contributed by atoms with Gasteiger partial charge in [-0.3, -0.25) is 0 Å². The summed E-state index contributed by atoms with van der Waals surface area (Å²) in [5.41, 5.74) is 1.55. The third kappa shape index (κ3) is 3.81. The molecule has 0 saturated carbocycles. The van der Waals surface area contributed by atoms with Crippen molar-refractivity contribution >= 4 is 0 Å². The molecule has 1 aromatic carbocycles. The van der Waals surface area contributed by atoms with Crippen LogP contribution in [0.15, 0.2) is 12.1 Å². The molecule has 0 heterocycles. The minimum absolute atomic E-state index is 0.0819. The van der Waals surface area contributed by atoms with Gasteiger partial charge in [-0.1, -0.05) is 0 Å². The van der Waals surface area contributed by atoms with Crippen LogP contribution in [0.25, 0.3) is 0 Å². The van der Waals surface area contributed by atoms with E-state index in [1.807, 2.05) is 6.92 Å². The fourth-order valence-corrected chi connectivity index (χ4v) is 1.30. The SMILES string of the molecule is Cc1[c]c(CO)cc(OCC(CO)CO)c1. The maximum absolute atomic E-state index is 8.99. The molecule has 0 fully saturated rings. The number of aliphatic hydroxyl groups is 3. The molecule has 3 N–H and O–H groups in total. The van der Waals surface area contributed by atoms with Crippen molar-refractivity contribution < 1.29 is 20.1 Å². The van der Waals surface area contributed by atoms with Crippen LogP contribution in [0.5, 0.6) is 5.75 Å². The summed E-state index contributed by atoms with van der Waals surface area (Å²) >= 11 is 0. The number of aryl methyl sites for hydroxylation is 1. The van der Waals surface area contributed by atoms with Crippen molar-refractivity contribution in [2.45, 2.75) is 13.5 Å². The van der Waals surface area contributed by atoms with Crippen molar-refractivity contribution in [2.24, 2.45) is 5.92 Å². The van der Waals surface area contributed by atoms with Crippen molar-refractivity contribution in [1.29, 1.82) is 0 Å². The van der Waals surface area contributed by atoms with Crippen molar-refractivity contribution in [2.75, 3.05) is 19.8 Å². The zero-order chi connectivity index (χ0) is 12.0. The van der Waals surface area contributed by atoms with Crippen molar-refractivity contribution in [1.82, 2.24) is 0 Å². The molecule has 1 radical (unpaired) electrons. The third-order valence-electron chi connectivity index (χ3n) is 2.21. The predicted octanol–water partition coefficient (Wildman–Crippen LogP) is 0.267. The Morgan fingerprint density at radius 1 is 1.25 bits per heavy atom. The van der Waals surface area contributed by atoms with Gasteiger partial charge in [0.1, 0.15) is 5.75 Å². The van der Waals surface area contributed by atoms with Crippen LogP contribution < -0.4 is 4.74 Å². The standard InChI is InChI=1S/C12H17O4/c1-9-2-10(5-13)4-12(3-9)16-8-11(6-14)7-15/h3-4,11,13-15H,5-8H2,1H3. The highest BCUT2D eigenvalue weighted by Crippen LogP contribution is 2.17. The van der Waals surface area contributed by atoms with E-state index in [0.29, 0.717) is 11.3 Å². The van der Waals surface area contributed by atoms with Crippen molar-refractivity contribution in [3.63, 3.8) is 0 Å². The van der Waals surface area contributed by atoms with Crippen LogP contribution in [0.3, 0.4) is 0 Å². The van der Waals surface area contributed by atoms with E-state index in [-0.39, 0.29) is 32.3 Å². The van der Waals surface area contributed by atoms with Gasteiger partial charge in [0, 0.05) is 5.92 Å². The molecule has 0 bridgehead atoms. The minimum Gasteiger partial charge on any atom is -0.493 e. The molecule has 0 saturated heterocycles. The monoisotopic (exact) mass is 225 g/mol. The molecule has 16 heavy (non-hydrogen) atoms. The number of hydrogen-bond donors (Lipinski definition) is 3. The Labute approximate surface area is 95.1 Å². The molecule has 0 aromatic heterocycles. The van der Waals surface area contributed by atoms with Gasteiger partial charge >= 0.3 is 0 Å². The Morgan fingerprint density at radius 3 is 2.50 bits per heavy atom. The Kier molecular flexibility index (Phi) is 5.25. The van der Waals surface area contributed by atoms with Crippen LogP contribution in [0.4, 0.5) is 0 Å². The average molecular weight is 225 g/mol. The Balaban J connectivity index is 2.62. The van der Waals surface area contributed by atoms with E-state index in [0.717, 1.165) is 5.56 Å². The number of benzene rings is 1. The second kappa shape index (κ2) is 6.48. The lowest BCUT2D eigenvalue weighted by molar-refractivity contribution is 0.106. The summed E-state index contributed by atoms with van der Waals surface area (Å²) in [4.78, 5) is 0. The molecule has 0 aliphatic rings. The van der Waals surface area contributed by atoms with Gasteiger partial charge in [-0.25, -0.2) is 0 Å². The van der Waals surface area contributed by atoms with Crippen molar-refractivity contribution in [3.8, 4) is 5.75 Å². The number of ether oxygens (including phenoxy) is 1. The van der Waals surface area contributed by atoms with Gasteiger partial charge in [0.15, 0.2) is 0 Å². The van der Waals surface area contributed by atoms with Gasteiger partial charge < -0.3 is 20.1 Å². The lowest BCUT2D eigenvalue weighted by atomic mass is 10.1. The highest BCUT2D eigenvalue weighted by molar-refractivity contribution is 5.32. The summed E-state index contributed by atoms with van der Waals surface area (Å²) in [5, 5.41) is 26.7. The largest absolute Gasteiger partial charge is 0.493 e. The summed E-state index contributed by atoms with van der Waals surface area (Å²) in [6.45, 7) is 1.81. The Bertz CT molecular complexity index is 321. The first kappa shape index (κ1) is 13.0. The first-order chi connectivity index (χ1) is 7.69. The second-order valence-corrected chi connectivity index (χ2v) is 3.72. The lowest BCUT2D eigenvalue weighted by Gasteiger charge is -2.13. The molecule has 4 heteroatoms.